The van der Waals surface area contributed by atoms with Crippen molar-refractivity contribution in [3.63, 3.8) is 0 Å². The molecule has 6 heteroatoms. The lowest BCUT2D eigenvalue weighted by molar-refractivity contribution is -0.138. The average Bonchev–Trinajstić information content (AvgIpc) is 2.49. The van der Waals surface area contributed by atoms with Gasteiger partial charge < -0.3 is 14.6 Å². The molecule has 0 atom stereocenters. The van der Waals surface area contributed by atoms with E-state index in [1.807, 2.05) is 6.92 Å². The summed E-state index contributed by atoms with van der Waals surface area (Å²) in [5.41, 5.74) is 1.22. The highest BCUT2D eigenvalue weighted by Gasteiger charge is 1.92. The van der Waals surface area contributed by atoms with Gasteiger partial charge in [0.1, 0.15) is 0 Å². The van der Waals surface area contributed by atoms with Crippen LogP contribution in [0.1, 0.15) is 26.2 Å². The second-order valence-corrected chi connectivity index (χ2v) is 3.64. The summed E-state index contributed by atoms with van der Waals surface area (Å²) < 4.78 is 9.19. The lowest BCUT2D eigenvalue weighted by atomic mass is 10.4. The van der Waals surface area contributed by atoms with Crippen LogP contribution in [0.2, 0.25) is 0 Å². The van der Waals surface area contributed by atoms with E-state index in [1.54, 1.807) is 0 Å². The molecule has 0 saturated heterocycles. The van der Waals surface area contributed by atoms with Gasteiger partial charge in [-0.3, -0.25) is 0 Å². The Morgan fingerprint density at radius 3 is 1.71 bits per heavy atom. The minimum Gasteiger partial charge on any atom is -0.463 e. The summed E-state index contributed by atoms with van der Waals surface area (Å²) in [6.45, 7) is 12.5. The van der Waals surface area contributed by atoms with Crippen molar-refractivity contribution in [2.75, 3.05) is 19.8 Å². The molecule has 1 N–H and O–H groups in total. The third-order valence-electron chi connectivity index (χ3n) is 1.62. The fourth-order valence-corrected chi connectivity index (χ4v) is 0.672. The summed E-state index contributed by atoms with van der Waals surface area (Å²) in [6.07, 6.45) is 4.73. The van der Waals surface area contributed by atoms with Crippen LogP contribution in [-0.4, -0.2) is 36.9 Å². The summed E-state index contributed by atoms with van der Waals surface area (Å²) in [6, 6.07) is 0. The first kappa shape index (κ1) is 24.4. The second-order valence-electron chi connectivity index (χ2n) is 3.33. The van der Waals surface area contributed by atoms with Crippen molar-refractivity contribution >= 4 is 23.5 Å². The topological polar surface area (TPSA) is 72.8 Å². The SMILES string of the molecule is C=CC(=O)OCCCC.C=CC(=O)OCCCO.C=CCl. The molecule has 0 spiro atoms. The highest BCUT2D eigenvalue weighted by Crippen LogP contribution is 1.88. The standard InChI is InChI=1S/C7H12O2.C6H10O3.C2H3Cl/c1-3-5-6-9-7(8)4-2;1-2-6(8)9-5-3-4-7;1-2-3/h4H,2-3,5-6H2,1H3;2,7H,1,3-5H2;2H,1H2. The molecule has 5 nitrogen and oxygen atoms in total. The largest absolute Gasteiger partial charge is 0.463 e. The highest BCUT2D eigenvalue weighted by molar-refractivity contribution is 6.25. The summed E-state index contributed by atoms with van der Waals surface area (Å²) in [4.78, 5) is 20.6. The Morgan fingerprint density at radius 1 is 1.05 bits per heavy atom. The third kappa shape index (κ3) is 32.2. The lowest BCUT2D eigenvalue weighted by Gasteiger charge is -1.97. The number of halogens is 1. The molecule has 21 heavy (non-hydrogen) atoms. The van der Waals surface area contributed by atoms with Gasteiger partial charge in [0.25, 0.3) is 0 Å². The molecule has 0 radical (unpaired) electrons. The first-order chi connectivity index (χ1) is 10.0. The molecule has 0 amide bonds. The van der Waals surface area contributed by atoms with Gasteiger partial charge in [0.2, 0.25) is 0 Å². The van der Waals surface area contributed by atoms with Crippen LogP contribution in [0.5, 0.6) is 0 Å². The van der Waals surface area contributed by atoms with Gasteiger partial charge in [-0.05, 0) is 12.0 Å². The number of aliphatic hydroxyl groups is 1. The molecular weight excluding hydrogens is 296 g/mol. The quantitative estimate of drug-likeness (QED) is 0.423. The minimum absolute atomic E-state index is 0.0461. The van der Waals surface area contributed by atoms with Crippen LogP contribution in [0.3, 0.4) is 0 Å². The van der Waals surface area contributed by atoms with Crippen LogP contribution in [0.15, 0.2) is 37.4 Å². The highest BCUT2D eigenvalue weighted by atomic mass is 35.5. The van der Waals surface area contributed by atoms with Crippen LogP contribution in [0.4, 0.5) is 0 Å². The number of esters is 2. The van der Waals surface area contributed by atoms with Crippen molar-refractivity contribution in [2.45, 2.75) is 26.2 Å². The molecule has 0 bridgehead atoms. The number of unbranched alkanes of at least 4 members (excludes halogenated alkanes) is 1. The number of hydrogen-bond donors (Lipinski definition) is 1. The van der Waals surface area contributed by atoms with Crippen LogP contribution < -0.4 is 0 Å². The number of aliphatic hydroxyl groups excluding tert-OH is 1. The Bertz CT molecular complexity index is 264. The van der Waals surface area contributed by atoms with E-state index in [0.717, 1.165) is 18.9 Å². The Balaban J connectivity index is -0.000000260. The van der Waals surface area contributed by atoms with E-state index in [9.17, 15) is 9.59 Å². The molecule has 0 aliphatic carbocycles. The predicted octanol–water partition coefficient (Wildman–Crippen LogP) is 2.98. The Hall–Kier alpha value is -1.59. The molecule has 0 fully saturated rings. The first-order valence-corrected chi connectivity index (χ1v) is 6.87. The molecule has 122 valence electrons. The zero-order valence-corrected chi connectivity index (χ0v) is 13.3. The molecule has 0 aromatic carbocycles. The molecule has 0 heterocycles. The van der Waals surface area contributed by atoms with Crippen molar-refractivity contribution in [1.29, 1.82) is 0 Å². The zero-order valence-electron chi connectivity index (χ0n) is 12.6. The number of rotatable bonds is 8. The normalized spacial score (nSPS) is 7.95. The van der Waals surface area contributed by atoms with Crippen molar-refractivity contribution in [1.82, 2.24) is 0 Å². The Labute approximate surface area is 131 Å². The number of carbonyl (C=O) groups is 2. The monoisotopic (exact) mass is 320 g/mol. The maximum Gasteiger partial charge on any atom is 0.330 e. The van der Waals surface area contributed by atoms with Crippen molar-refractivity contribution in [3.05, 3.63) is 37.4 Å². The average molecular weight is 321 g/mol. The Kier molecular flexibility index (Phi) is 27.3. The van der Waals surface area contributed by atoms with Crippen molar-refractivity contribution in [3.8, 4) is 0 Å². The first-order valence-electron chi connectivity index (χ1n) is 6.44. The van der Waals surface area contributed by atoms with Crippen LogP contribution >= 0.6 is 11.6 Å². The molecule has 0 aromatic heterocycles. The molecular formula is C15H25ClO5. The number of ether oxygens (including phenoxy) is 2. The van der Waals surface area contributed by atoms with Gasteiger partial charge in [-0.1, -0.05) is 44.7 Å². The molecule has 0 aliphatic heterocycles. The van der Waals surface area contributed by atoms with E-state index in [-0.39, 0.29) is 19.2 Å². The fourth-order valence-electron chi connectivity index (χ4n) is 0.672. The van der Waals surface area contributed by atoms with Gasteiger partial charge in [-0.2, -0.15) is 0 Å². The molecule has 0 aliphatic rings. The maximum atomic E-state index is 10.3. The van der Waals surface area contributed by atoms with Crippen molar-refractivity contribution < 1.29 is 24.2 Å². The summed E-state index contributed by atoms with van der Waals surface area (Å²) in [5.74, 6) is -0.771. The van der Waals surface area contributed by atoms with Crippen LogP contribution in [0.25, 0.3) is 0 Å². The van der Waals surface area contributed by atoms with E-state index in [4.69, 9.17) is 16.7 Å². The van der Waals surface area contributed by atoms with Gasteiger partial charge in [0.05, 0.1) is 13.2 Å². The molecule has 0 unspecified atom stereocenters. The summed E-state index contributed by atoms with van der Waals surface area (Å²) >= 11 is 4.76. The van der Waals surface area contributed by atoms with E-state index in [2.05, 4.69) is 29.2 Å². The van der Waals surface area contributed by atoms with E-state index in [0.29, 0.717) is 13.0 Å². The molecule has 0 rings (SSSR count). The van der Waals surface area contributed by atoms with Crippen LogP contribution in [0, 0.1) is 0 Å². The molecule has 0 saturated carbocycles. The fraction of sp³-hybridized carbons (Fsp3) is 0.467. The minimum atomic E-state index is -0.441. The van der Waals surface area contributed by atoms with E-state index >= 15 is 0 Å². The van der Waals surface area contributed by atoms with Gasteiger partial charge in [-0.25, -0.2) is 9.59 Å². The van der Waals surface area contributed by atoms with Gasteiger partial charge in [0.15, 0.2) is 0 Å². The predicted molar refractivity (Wildman–Crippen MR) is 85.0 cm³/mol. The zero-order chi connectivity index (χ0) is 16.9. The molecule has 0 aromatic rings. The lowest BCUT2D eigenvalue weighted by Crippen LogP contribution is -2.02. The van der Waals surface area contributed by atoms with Gasteiger partial charge in [-0.15, -0.1) is 0 Å². The second kappa shape index (κ2) is 23.5. The maximum absolute atomic E-state index is 10.3. The van der Waals surface area contributed by atoms with E-state index < -0.39 is 5.97 Å². The smallest absolute Gasteiger partial charge is 0.330 e. The van der Waals surface area contributed by atoms with Crippen molar-refractivity contribution in [2.24, 2.45) is 0 Å². The Morgan fingerprint density at radius 2 is 1.43 bits per heavy atom. The van der Waals surface area contributed by atoms with Crippen LogP contribution in [-0.2, 0) is 19.1 Å². The number of carbonyl (C=O) groups excluding carboxylic acids is 2. The van der Waals surface area contributed by atoms with Gasteiger partial charge in [0, 0.05) is 25.2 Å². The third-order valence-corrected chi connectivity index (χ3v) is 1.62. The summed E-state index contributed by atoms with van der Waals surface area (Å²) in [5, 5.41) is 8.23. The number of hydrogen-bond acceptors (Lipinski definition) is 5. The van der Waals surface area contributed by atoms with E-state index in [1.165, 1.54) is 11.6 Å². The summed E-state index contributed by atoms with van der Waals surface area (Å²) in [7, 11) is 0. The van der Waals surface area contributed by atoms with Gasteiger partial charge >= 0.3 is 11.9 Å².